The predicted molar refractivity (Wildman–Crippen MR) is 128 cm³/mol. The van der Waals surface area contributed by atoms with Crippen molar-refractivity contribution in [2.45, 2.75) is 19.3 Å². The minimum absolute atomic E-state index is 0.112. The average Bonchev–Trinajstić information content (AvgIpc) is 3.43. The van der Waals surface area contributed by atoms with Crippen LogP contribution in [0.1, 0.15) is 17.0 Å². The molecule has 0 amide bonds. The molecule has 0 aliphatic heterocycles. The highest BCUT2D eigenvalue weighted by atomic mass is 15.3. The third-order valence-electron chi connectivity index (χ3n) is 4.69. The van der Waals surface area contributed by atoms with Crippen LogP contribution in [-0.4, -0.2) is 72.4 Å². The molecule has 0 aliphatic rings. The van der Waals surface area contributed by atoms with Crippen LogP contribution in [-0.2, 0) is 19.3 Å². The van der Waals surface area contributed by atoms with E-state index in [1.165, 1.54) is 5.56 Å². The maximum atomic E-state index is 8.14. The standard InChI is InChI=1S/C20H34N12/c1-25-20(30-17(21)22)28-11-7-15-3-4-16(29-15)8-12-32(2)19(24)31-18(23)27-10-6-14-5-9-26-13-14/h3-5,9,13,26,29H,6-8,10-12H2,1-2H3,(H4,23,24,27,31)(H5,21,22,25,28,30). The molecule has 12 heteroatoms. The lowest BCUT2D eigenvalue weighted by Crippen LogP contribution is -2.47. The molecule has 0 saturated heterocycles. The molecular formula is C20H34N12. The fourth-order valence-electron chi connectivity index (χ4n) is 2.91. The van der Waals surface area contributed by atoms with Gasteiger partial charge in [0.25, 0.3) is 0 Å². The summed E-state index contributed by atoms with van der Waals surface area (Å²) >= 11 is 0. The number of aromatic nitrogens is 2. The Kier molecular flexibility index (Phi) is 9.63. The van der Waals surface area contributed by atoms with E-state index in [0.717, 1.165) is 30.7 Å². The van der Waals surface area contributed by atoms with Crippen molar-refractivity contribution in [3.05, 3.63) is 47.5 Å². The van der Waals surface area contributed by atoms with Crippen LogP contribution in [0.3, 0.4) is 0 Å². The van der Waals surface area contributed by atoms with Crippen molar-refractivity contribution in [1.29, 1.82) is 16.2 Å². The second-order valence-corrected chi connectivity index (χ2v) is 7.21. The molecule has 2 aromatic rings. The van der Waals surface area contributed by atoms with Crippen molar-refractivity contribution < 1.29 is 0 Å². The molecule has 0 unspecified atom stereocenters. The summed E-state index contributed by atoms with van der Waals surface area (Å²) in [5.74, 6) is 0.583. The van der Waals surface area contributed by atoms with Gasteiger partial charge in [0.05, 0.1) is 0 Å². The quantitative estimate of drug-likeness (QED) is 0.187. The van der Waals surface area contributed by atoms with Gasteiger partial charge in [0.1, 0.15) is 0 Å². The Labute approximate surface area is 188 Å². The second-order valence-electron chi connectivity index (χ2n) is 7.21. The van der Waals surface area contributed by atoms with Crippen LogP contribution in [0.2, 0.25) is 0 Å². The van der Waals surface area contributed by atoms with Crippen molar-refractivity contribution in [2.75, 3.05) is 33.7 Å². The zero-order valence-electron chi connectivity index (χ0n) is 18.6. The molecular weight excluding hydrogens is 408 g/mol. The van der Waals surface area contributed by atoms with Crippen LogP contribution in [0.25, 0.3) is 0 Å². The molecule has 0 saturated carbocycles. The second kappa shape index (κ2) is 12.7. The number of aliphatic imine (C=N–C) groups is 1. The minimum Gasteiger partial charge on any atom is -0.370 e. The first-order valence-electron chi connectivity index (χ1n) is 10.4. The summed E-state index contributed by atoms with van der Waals surface area (Å²) in [7, 11) is 3.44. The van der Waals surface area contributed by atoms with Crippen molar-refractivity contribution in [1.82, 2.24) is 36.1 Å². The minimum atomic E-state index is -0.160. The molecule has 0 spiro atoms. The Balaban J connectivity index is 1.65. The van der Waals surface area contributed by atoms with Gasteiger partial charge >= 0.3 is 0 Å². The lowest BCUT2D eigenvalue weighted by atomic mass is 10.2. The summed E-state index contributed by atoms with van der Waals surface area (Å²) < 4.78 is 0. The van der Waals surface area contributed by atoms with Crippen molar-refractivity contribution in [3.63, 3.8) is 0 Å². The van der Waals surface area contributed by atoms with Crippen LogP contribution >= 0.6 is 0 Å². The smallest absolute Gasteiger partial charge is 0.197 e. The summed E-state index contributed by atoms with van der Waals surface area (Å²) in [6, 6.07) is 6.07. The highest BCUT2D eigenvalue weighted by molar-refractivity contribution is 5.96. The number of rotatable bonds is 9. The Hall–Kier alpha value is -3.96. The van der Waals surface area contributed by atoms with E-state index in [0.29, 0.717) is 25.6 Å². The Bertz CT molecular complexity index is 896. The molecule has 32 heavy (non-hydrogen) atoms. The van der Waals surface area contributed by atoms with E-state index in [4.69, 9.17) is 22.0 Å². The van der Waals surface area contributed by atoms with Crippen LogP contribution in [0, 0.1) is 16.2 Å². The normalized spacial score (nSPS) is 11.0. The van der Waals surface area contributed by atoms with Gasteiger partial charge in [-0.05, 0) is 30.2 Å². The van der Waals surface area contributed by atoms with Gasteiger partial charge < -0.3 is 31.2 Å². The van der Waals surface area contributed by atoms with E-state index in [2.05, 4.69) is 36.2 Å². The highest BCUT2D eigenvalue weighted by Gasteiger charge is 2.08. The first-order chi connectivity index (χ1) is 15.4. The van der Waals surface area contributed by atoms with Gasteiger partial charge in [-0.3, -0.25) is 31.9 Å². The lowest BCUT2D eigenvalue weighted by Gasteiger charge is -2.21. The zero-order chi connectivity index (χ0) is 23.3. The van der Waals surface area contributed by atoms with Gasteiger partial charge in [0.2, 0.25) is 0 Å². The molecule has 0 bridgehead atoms. The first-order valence-corrected chi connectivity index (χ1v) is 10.4. The van der Waals surface area contributed by atoms with E-state index < -0.39 is 0 Å². The summed E-state index contributed by atoms with van der Waals surface area (Å²) in [4.78, 5) is 12.1. The number of hydrogen-bond acceptors (Lipinski definition) is 4. The molecule has 2 rings (SSSR count). The molecule has 174 valence electrons. The summed E-state index contributed by atoms with van der Waals surface area (Å²) in [6.45, 7) is 1.90. The van der Waals surface area contributed by atoms with Gasteiger partial charge in [-0.2, -0.15) is 0 Å². The Morgan fingerprint density at radius 3 is 2.41 bits per heavy atom. The van der Waals surface area contributed by atoms with Crippen molar-refractivity contribution >= 4 is 23.8 Å². The van der Waals surface area contributed by atoms with Gasteiger partial charge in [-0.1, -0.05) is 0 Å². The molecule has 12 nitrogen and oxygen atoms in total. The molecule has 0 aliphatic carbocycles. The number of guanidine groups is 4. The molecule has 0 aromatic carbocycles. The SMILES string of the molecule is C/N=C(/NCCc1ccc(CCN(C)C(=N)NC(=N)NCCc2cc[nH]c2)[nH]1)NC(=N)N. The number of likely N-dealkylation sites (N-methyl/N-ethyl adjacent to an activating group) is 1. The maximum Gasteiger partial charge on any atom is 0.197 e. The Morgan fingerprint density at radius 1 is 1.03 bits per heavy atom. The molecule has 0 atom stereocenters. The number of hydrogen-bond donors (Lipinski definition) is 10. The maximum absolute atomic E-state index is 8.14. The van der Waals surface area contributed by atoms with E-state index in [-0.39, 0.29) is 17.9 Å². The predicted octanol–water partition coefficient (Wildman–Crippen LogP) is -0.290. The Morgan fingerprint density at radius 2 is 1.75 bits per heavy atom. The molecule has 11 N–H and O–H groups in total. The van der Waals surface area contributed by atoms with Crippen LogP contribution in [0.15, 0.2) is 35.6 Å². The van der Waals surface area contributed by atoms with Crippen LogP contribution < -0.4 is 27.0 Å². The van der Waals surface area contributed by atoms with E-state index >= 15 is 0 Å². The number of H-pyrrole nitrogens is 2. The first kappa shape index (κ1) is 24.3. The van der Waals surface area contributed by atoms with Gasteiger partial charge in [0.15, 0.2) is 23.8 Å². The summed E-state index contributed by atoms with van der Waals surface area (Å²) in [5.41, 5.74) is 8.63. The third kappa shape index (κ3) is 8.81. The zero-order valence-corrected chi connectivity index (χ0v) is 18.6. The van der Waals surface area contributed by atoms with Gasteiger partial charge in [-0.15, -0.1) is 0 Å². The summed E-state index contributed by atoms with van der Waals surface area (Å²) in [6.07, 6.45) is 6.12. The number of nitrogens with two attached hydrogens (primary N) is 1. The monoisotopic (exact) mass is 442 g/mol. The van der Waals surface area contributed by atoms with E-state index in [9.17, 15) is 0 Å². The topological polar surface area (TPSA) is 193 Å². The number of aromatic amines is 2. The highest BCUT2D eigenvalue weighted by Crippen LogP contribution is 2.04. The molecule has 0 radical (unpaired) electrons. The molecule has 2 heterocycles. The summed E-state index contributed by atoms with van der Waals surface area (Å²) in [5, 5.41) is 34.8. The third-order valence-corrected chi connectivity index (χ3v) is 4.69. The average molecular weight is 443 g/mol. The molecule has 0 fully saturated rings. The van der Waals surface area contributed by atoms with Crippen molar-refractivity contribution in [3.8, 4) is 0 Å². The van der Waals surface area contributed by atoms with Gasteiger partial charge in [0, 0.05) is 70.4 Å². The number of nitrogens with zero attached hydrogens (tertiary/aromatic N) is 2. The van der Waals surface area contributed by atoms with E-state index in [1.807, 2.05) is 37.6 Å². The number of nitrogens with one attached hydrogen (secondary N) is 9. The van der Waals surface area contributed by atoms with Crippen LogP contribution in [0.5, 0.6) is 0 Å². The molecule has 2 aromatic heterocycles. The largest absolute Gasteiger partial charge is 0.370 e. The van der Waals surface area contributed by atoms with Gasteiger partial charge in [-0.25, -0.2) is 0 Å². The van der Waals surface area contributed by atoms with E-state index in [1.54, 1.807) is 11.9 Å². The fraction of sp³-hybridized carbons (Fsp3) is 0.400. The van der Waals surface area contributed by atoms with Crippen molar-refractivity contribution in [2.24, 2.45) is 10.7 Å². The lowest BCUT2D eigenvalue weighted by molar-refractivity contribution is 0.489. The fourth-order valence-corrected chi connectivity index (χ4v) is 2.91. The van der Waals surface area contributed by atoms with Crippen LogP contribution in [0.4, 0.5) is 0 Å².